The maximum atomic E-state index is 11.4. The molecule has 0 aliphatic carbocycles. The van der Waals surface area contributed by atoms with Crippen molar-refractivity contribution in [3.05, 3.63) is 11.3 Å². The molecule has 0 amide bonds. The molecule has 0 spiro atoms. The van der Waals surface area contributed by atoms with Crippen molar-refractivity contribution in [3.63, 3.8) is 0 Å². The maximum absolute atomic E-state index is 11.4. The van der Waals surface area contributed by atoms with Gasteiger partial charge in [-0.1, -0.05) is 6.92 Å². The molecule has 1 heterocycles. The predicted molar refractivity (Wildman–Crippen MR) is 53.0 cm³/mol. The summed E-state index contributed by atoms with van der Waals surface area (Å²) in [6.45, 7) is 6.34. The van der Waals surface area contributed by atoms with Crippen LogP contribution in [-0.2, 0) is 9.53 Å². The van der Waals surface area contributed by atoms with Crippen LogP contribution in [0.15, 0.2) is 11.3 Å². The van der Waals surface area contributed by atoms with E-state index in [9.17, 15) is 9.90 Å². The summed E-state index contributed by atoms with van der Waals surface area (Å²) in [4.78, 5) is 13.5. The summed E-state index contributed by atoms with van der Waals surface area (Å²) in [6.07, 6.45) is 0.544. The first-order valence-electron chi connectivity index (χ1n) is 4.99. The van der Waals surface area contributed by atoms with Crippen LogP contribution in [0.3, 0.4) is 0 Å². The third-order valence-electron chi connectivity index (χ3n) is 2.36. The number of likely N-dealkylation sites (N-methyl/N-ethyl adjacent to an activating group) is 1. The molecule has 1 aliphatic heterocycles. The normalized spacial score (nSPS) is 18.4. The Labute approximate surface area is 84.2 Å². The number of carbonyl (C=O) groups is 1. The zero-order valence-electron chi connectivity index (χ0n) is 8.75. The maximum Gasteiger partial charge on any atom is 0.338 e. The van der Waals surface area contributed by atoms with E-state index in [0.717, 1.165) is 13.1 Å². The fourth-order valence-corrected chi connectivity index (χ4v) is 1.48. The lowest BCUT2D eigenvalue weighted by atomic mass is 10.1. The van der Waals surface area contributed by atoms with Gasteiger partial charge in [-0.25, -0.2) is 4.79 Å². The highest BCUT2D eigenvalue weighted by molar-refractivity contribution is 5.89. The molecule has 0 aromatic carbocycles. The Kier molecular flexibility index (Phi) is 3.95. The molecule has 0 aromatic heterocycles. The minimum absolute atomic E-state index is 0.188. The van der Waals surface area contributed by atoms with Crippen LogP contribution in [0.5, 0.6) is 0 Å². The SMILES string of the molecule is CCOC(=O)C1=C(O)CCN(CC)C1. The van der Waals surface area contributed by atoms with Crippen molar-refractivity contribution >= 4 is 5.97 Å². The molecule has 0 atom stereocenters. The number of aliphatic hydroxyl groups is 1. The highest BCUT2D eigenvalue weighted by Gasteiger charge is 2.23. The molecule has 80 valence electrons. The van der Waals surface area contributed by atoms with E-state index >= 15 is 0 Å². The Morgan fingerprint density at radius 1 is 1.57 bits per heavy atom. The summed E-state index contributed by atoms with van der Waals surface area (Å²) in [7, 11) is 0. The quantitative estimate of drug-likeness (QED) is 0.691. The van der Waals surface area contributed by atoms with Gasteiger partial charge >= 0.3 is 5.97 Å². The van der Waals surface area contributed by atoms with E-state index in [1.54, 1.807) is 6.92 Å². The van der Waals surface area contributed by atoms with Gasteiger partial charge in [-0.15, -0.1) is 0 Å². The lowest BCUT2D eigenvalue weighted by Gasteiger charge is -2.26. The Balaban J connectivity index is 2.68. The summed E-state index contributed by atoms with van der Waals surface area (Å²) in [6, 6.07) is 0. The number of nitrogens with zero attached hydrogens (tertiary/aromatic N) is 1. The van der Waals surface area contributed by atoms with Gasteiger partial charge in [0, 0.05) is 19.5 Å². The molecule has 1 aliphatic rings. The van der Waals surface area contributed by atoms with Gasteiger partial charge in [0.25, 0.3) is 0 Å². The molecule has 0 aromatic rings. The molecule has 14 heavy (non-hydrogen) atoms. The van der Waals surface area contributed by atoms with Crippen LogP contribution in [0.2, 0.25) is 0 Å². The lowest BCUT2D eigenvalue weighted by molar-refractivity contribution is -0.139. The zero-order valence-corrected chi connectivity index (χ0v) is 8.75. The molecule has 0 saturated heterocycles. The summed E-state index contributed by atoms with van der Waals surface area (Å²) < 4.78 is 4.86. The molecule has 0 saturated carbocycles. The monoisotopic (exact) mass is 199 g/mol. The second-order valence-corrected chi connectivity index (χ2v) is 3.26. The van der Waals surface area contributed by atoms with Crippen LogP contribution in [0, 0.1) is 0 Å². The Morgan fingerprint density at radius 3 is 2.86 bits per heavy atom. The van der Waals surface area contributed by atoms with Crippen molar-refractivity contribution in [3.8, 4) is 0 Å². The first-order chi connectivity index (χ1) is 6.69. The number of carbonyl (C=O) groups excluding carboxylic acids is 1. The van der Waals surface area contributed by atoms with Crippen molar-refractivity contribution < 1.29 is 14.6 Å². The predicted octanol–water partition coefficient (Wildman–Crippen LogP) is 1.09. The van der Waals surface area contributed by atoms with Gasteiger partial charge < -0.3 is 9.84 Å². The van der Waals surface area contributed by atoms with Crippen molar-refractivity contribution in [1.29, 1.82) is 0 Å². The van der Waals surface area contributed by atoms with Crippen LogP contribution in [0.25, 0.3) is 0 Å². The van der Waals surface area contributed by atoms with E-state index in [0.29, 0.717) is 25.1 Å². The summed E-state index contributed by atoms with van der Waals surface area (Å²) in [5.74, 6) is -0.198. The number of esters is 1. The Bertz CT molecular complexity index is 248. The third-order valence-corrected chi connectivity index (χ3v) is 2.36. The minimum Gasteiger partial charge on any atom is -0.512 e. The van der Waals surface area contributed by atoms with E-state index in [4.69, 9.17) is 4.74 Å². The van der Waals surface area contributed by atoms with Gasteiger partial charge in [-0.2, -0.15) is 0 Å². The summed E-state index contributed by atoms with van der Waals surface area (Å²) in [5.41, 5.74) is 0.417. The van der Waals surface area contributed by atoms with Gasteiger partial charge in [0.2, 0.25) is 0 Å². The second kappa shape index (κ2) is 5.00. The van der Waals surface area contributed by atoms with Crippen LogP contribution >= 0.6 is 0 Å². The molecule has 4 heteroatoms. The van der Waals surface area contributed by atoms with Crippen molar-refractivity contribution in [2.75, 3.05) is 26.2 Å². The second-order valence-electron chi connectivity index (χ2n) is 3.26. The average molecular weight is 199 g/mol. The number of hydrogen-bond acceptors (Lipinski definition) is 4. The van der Waals surface area contributed by atoms with Crippen molar-refractivity contribution in [2.24, 2.45) is 0 Å². The highest BCUT2D eigenvalue weighted by Crippen LogP contribution is 2.16. The fourth-order valence-electron chi connectivity index (χ4n) is 1.48. The standard InChI is InChI=1S/C10H17NO3/c1-3-11-6-5-9(12)8(7-11)10(13)14-4-2/h12H,3-7H2,1-2H3. The molecule has 0 unspecified atom stereocenters. The molecular weight excluding hydrogens is 182 g/mol. The number of rotatable bonds is 3. The summed E-state index contributed by atoms with van der Waals surface area (Å²) in [5, 5.41) is 9.53. The molecule has 0 fully saturated rings. The first-order valence-corrected chi connectivity index (χ1v) is 4.99. The van der Waals surface area contributed by atoms with Crippen LogP contribution in [0.4, 0.5) is 0 Å². The molecule has 0 bridgehead atoms. The number of ether oxygens (including phenoxy) is 1. The molecule has 1 N–H and O–H groups in total. The average Bonchev–Trinajstić information content (AvgIpc) is 2.19. The molecular formula is C10H17NO3. The molecule has 1 rings (SSSR count). The van der Waals surface area contributed by atoms with Crippen LogP contribution in [-0.4, -0.2) is 42.2 Å². The third kappa shape index (κ3) is 2.48. The van der Waals surface area contributed by atoms with Gasteiger partial charge in [-0.05, 0) is 13.5 Å². The zero-order chi connectivity index (χ0) is 10.6. The molecule has 4 nitrogen and oxygen atoms in total. The topological polar surface area (TPSA) is 49.8 Å². The van der Waals surface area contributed by atoms with E-state index in [1.807, 2.05) is 6.92 Å². The number of hydrogen-bond donors (Lipinski definition) is 1. The summed E-state index contributed by atoms with van der Waals surface area (Å²) >= 11 is 0. The number of aliphatic hydroxyl groups excluding tert-OH is 1. The van der Waals surface area contributed by atoms with Gasteiger partial charge in [0.15, 0.2) is 0 Å². The van der Waals surface area contributed by atoms with Gasteiger partial charge in [-0.3, -0.25) is 4.90 Å². The van der Waals surface area contributed by atoms with Crippen LogP contribution in [0.1, 0.15) is 20.3 Å². The smallest absolute Gasteiger partial charge is 0.338 e. The minimum atomic E-state index is -0.386. The highest BCUT2D eigenvalue weighted by atomic mass is 16.5. The van der Waals surface area contributed by atoms with Crippen LogP contribution < -0.4 is 0 Å². The molecule has 0 radical (unpaired) electrons. The van der Waals surface area contributed by atoms with Crippen molar-refractivity contribution in [2.45, 2.75) is 20.3 Å². The first kappa shape index (κ1) is 11.0. The van der Waals surface area contributed by atoms with Crippen molar-refractivity contribution in [1.82, 2.24) is 4.90 Å². The Morgan fingerprint density at radius 2 is 2.29 bits per heavy atom. The van der Waals surface area contributed by atoms with E-state index in [1.165, 1.54) is 0 Å². The van der Waals surface area contributed by atoms with Gasteiger partial charge in [0.1, 0.15) is 5.76 Å². The van der Waals surface area contributed by atoms with E-state index < -0.39 is 0 Å². The fraction of sp³-hybridized carbons (Fsp3) is 0.700. The van der Waals surface area contributed by atoms with Gasteiger partial charge in [0.05, 0.1) is 12.2 Å². The largest absolute Gasteiger partial charge is 0.512 e. The van der Waals surface area contributed by atoms with E-state index in [2.05, 4.69) is 4.90 Å². The lowest BCUT2D eigenvalue weighted by Crippen LogP contribution is -2.34. The van der Waals surface area contributed by atoms with E-state index in [-0.39, 0.29) is 11.7 Å². The Hall–Kier alpha value is -1.03.